The number of hydrogen-bond donors (Lipinski definition) is 1. The molecule has 4 rings (SSSR count). The average molecular weight is 291 g/mol. The van der Waals surface area contributed by atoms with Crippen LogP contribution < -0.4 is 5.32 Å². The minimum Gasteiger partial charge on any atom is -0.301 e. The molecule has 0 spiro atoms. The lowest BCUT2D eigenvalue weighted by molar-refractivity contribution is 0.239. The summed E-state index contributed by atoms with van der Waals surface area (Å²) in [6.07, 6.45) is 6.73. The lowest BCUT2D eigenvalue weighted by atomic mass is 9.96. The molecule has 3 fully saturated rings. The Kier molecular flexibility index (Phi) is 2.99. The highest BCUT2D eigenvalue weighted by Crippen LogP contribution is 2.44. The molecule has 0 amide bonds. The maximum absolute atomic E-state index is 4.92. The van der Waals surface area contributed by atoms with E-state index < -0.39 is 0 Å². The summed E-state index contributed by atoms with van der Waals surface area (Å²) in [7, 11) is 0. The zero-order chi connectivity index (χ0) is 13.9. The summed E-state index contributed by atoms with van der Waals surface area (Å²) in [5.74, 6) is 0. The predicted molar refractivity (Wildman–Crippen MR) is 83.2 cm³/mol. The van der Waals surface area contributed by atoms with Crippen molar-refractivity contribution in [3.63, 3.8) is 0 Å². The van der Waals surface area contributed by atoms with Gasteiger partial charge in [0, 0.05) is 29.5 Å². The molecule has 110 valence electrons. The van der Waals surface area contributed by atoms with Gasteiger partial charge in [0.15, 0.2) is 0 Å². The Morgan fingerprint density at radius 1 is 1.25 bits per heavy atom. The molecule has 0 aromatic carbocycles. The second-order valence-electron chi connectivity index (χ2n) is 7.12. The lowest BCUT2D eigenvalue weighted by Crippen LogP contribution is -2.46. The van der Waals surface area contributed by atoms with Gasteiger partial charge in [-0.3, -0.25) is 4.90 Å². The van der Waals surface area contributed by atoms with Gasteiger partial charge in [0.05, 0.1) is 11.2 Å². The Bertz CT molecular complexity index is 498. The standard InChI is InChI=1S/C16H25N3S/c1-10-8-16(18-13-4-5-13,9-19(10)14-6-7-14)15-17-11(2)12(3)20-15/h10,13-14,18H,4-9H2,1-3H3. The number of rotatable bonds is 4. The van der Waals surface area contributed by atoms with Crippen molar-refractivity contribution >= 4 is 11.3 Å². The van der Waals surface area contributed by atoms with Crippen molar-refractivity contribution in [2.24, 2.45) is 0 Å². The van der Waals surface area contributed by atoms with Crippen LogP contribution >= 0.6 is 11.3 Å². The highest BCUT2D eigenvalue weighted by molar-refractivity contribution is 7.11. The summed E-state index contributed by atoms with van der Waals surface area (Å²) in [6, 6.07) is 2.29. The molecular formula is C16H25N3S. The fourth-order valence-electron chi connectivity index (χ4n) is 3.67. The van der Waals surface area contributed by atoms with Gasteiger partial charge in [-0.2, -0.15) is 0 Å². The molecule has 0 radical (unpaired) electrons. The molecule has 3 aliphatic rings. The number of aryl methyl sites for hydroxylation is 2. The minimum absolute atomic E-state index is 0.132. The molecule has 3 nitrogen and oxygen atoms in total. The van der Waals surface area contributed by atoms with Crippen LogP contribution in [-0.2, 0) is 5.54 Å². The van der Waals surface area contributed by atoms with E-state index in [9.17, 15) is 0 Å². The maximum atomic E-state index is 4.92. The third-order valence-electron chi connectivity index (χ3n) is 5.17. The second kappa shape index (κ2) is 4.52. The smallest absolute Gasteiger partial charge is 0.115 e. The Morgan fingerprint density at radius 2 is 2.00 bits per heavy atom. The molecule has 2 atom stereocenters. The maximum Gasteiger partial charge on any atom is 0.115 e. The summed E-state index contributed by atoms with van der Waals surface area (Å²) in [6.45, 7) is 7.93. The fraction of sp³-hybridized carbons (Fsp3) is 0.812. The van der Waals surface area contributed by atoms with E-state index in [2.05, 4.69) is 31.0 Å². The first-order valence-electron chi connectivity index (χ1n) is 8.05. The molecule has 4 heteroatoms. The van der Waals surface area contributed by atoms with Gasteiger partial charge >= 0.3 is 0 Å². The quantitative estimate of drug-likeness (QED) is 0.924. The molecule has 1 aromatic heterocycles. The van der Waals surface area contributed by atoms with E-state index in [1.165, 1.54) is 54.2 Å². The summed E-state index contributed by atoms with van der Waals surface area (Å²) in [4.78, 5) is 9.04. The number of hydrogen-bond acceptors (Lipinski definition) is 4. The minimum atomic E-state index is 0.132. The molecule has 0 bridgehead atoms. The molecule has 1 saturated heterocycles. The summed E-state index contributed by atoms with van der Waals surface area (Å²) >= 11 is 1.92. The van der Waals surface area contributed by atoms with Gasteiger partial charge in [-0.05, 0) is 52.9 Å². The van der Waals surface area contributed by atoms with Crippen molar-refractivity contribution in [1.29, 1.82) is 0 Å². The molecule has 2 saturated carbocycles. The third kappa shape index (κ3) is 2.22. The zero-order valence-corrected chi connectivity index (χ0v) is 13.6. The van der Waals surface area contributed by atoms with E-state index in [0.29, 0.717) is 6.04 Å². The first kappa shape index (κ1) is 13.2. The Labute approximate surface area is 125 Å². The van der Waals surface area contributed by atoms with Gasteiger partial charge in [0.25, 0.3) is 0 Å². The molecule has 2 unspecified atom stereocenters. The van der Waals surface area contributed by atoms with Gasteiger partial charge in [0.2, 0.25) is 0 Å². The first-order chi connectivity index (χ1) is 9.57. The SMILES string of the molecule is Cc1nc(C2(NC3CC3)CC(C)N(C3CC3)C2)sc1C. The molecule has 1 aromatic rings. The van der Waals surface area contributed by atoms with Crippen LogP contribution in [0.15, 0.2) is 0 Å². The summed E-state index contributed by atoms with van der Waals surface area (Å²) < 4.78 is 0. The van der Waals surface area contributed by atoms with Gasteiger partial charge < -0.3 is 5.32 Å². The molecular weight excluding hydrogens is 266 g/mol. The zero-order valence-electron chi connectivity index (χ0n) is 12.8. The van der Waals surface area contributed by atoms with Gasteiger partial charge in [-0.1, -0.05) is 0 Å². The van der Waals surface area contributed by atoms with Gasteiger partial charge in [0.1, 0.15) is 5.01 Å². The van der Waals surface area contributed by atoms with Crippen LogP contribution in [0, 0.1) is 13.8 Å². The molecule has 1 N–H and O–H groups in total. The number of thiazole rings is 1. The van der Waals surface area contributed by atoms with E-state index in [1.807, 2.05) is 11.3 Å². The third-order valence-corrected chi connectivity index (χ3v) is 6.45. The van der Waals surface area contributed by atoms with E-state index in [-0.39, 0.29) is 5.54 Å². The van der Waals surface area contributed by atoms with Crippen LogP contribution in [0.5, 0.6) is 0 Å². The van der Waals surface area contributed by atoms with E-state index in [4.69, 9.17) is 4.98 Å². The van der Waals surface area contributed by atoms with E-state index >= 15 is 0 Å². The summed E-state index contributed by atoms with van der Waals surface area (Å²) in [5, 5.41) is 5.31. The fourth-order valence-corrected chi connectivity index (χ4v) is 4.73. The number of nitrogens with zero attached hydrogens (tertiary/aromatic N) is 2. The van der Waals surface area contributed by atoms with Crippen LogP contribution in [0.2, 0.25) is 0 Å². The van der Waals surface area contributed by atoms with Crippen molar-refractivity contribution in [2.45, 2.75) is 76.5 Å². The summed E-state index contributed by atoms with van der Waals surface area (Å²) in [5.41, 5.74) is 1.35. The van der Waals surface area contributed by atoms with Gasteiger partial charge in [-0.15, -0.1) is 11.3 Å². The van der Waals surface area contributed by atoms with Crippen LogP contribution in [0.3, 0.4) is 0 Å². The van der Waals surface area contributed by atoms with E-state index in [0.717, 1.165) is 12.1 Å². The first-order valence-corrected chi connectivity index (χ1v) is 8.87. The number of nitrogens with one attached hydrogen (secondary N) is 1. The molecule has 2 aliphatic carbocycles. The number of likely N-dealkylation sites (tertiary alicyclic amines) is 1. The Balaban J connectivity index is 1.66. The van der Waals surface area contributed by atoms with Crippen molar-refractivity contribution < 1.29 is 0 Å². The largest absolute Gasteiger partial charge is 0.301 e. The van der Waals surface area contributed by atoms with Crippen molar-refractivity contribution in [3.05, 3.63) is 15.6 Å². The molecule has 20 heavy (non-hydrogen) atoms. The highest BCUT2D eigenvalue weighted by atomic mass is 32.1. The van der Waals surface area contributed by atoms with Crippen LogP contribution in [0.1, 0.15) is 54.6 Å². The predicted octanol–water partition coefficient (Wildman–Crippen LogP) is 2.96. The van der Waals surface area contributed by atoms with E-state index in [1.54, 1.807) is 0 Å². The molecule has 1 aliphatic heterocycles. The second-order valence-corrected chi connectivity index (χ2v) is 8.32. The normalized spacial score (nSPS) is 34.9. The lowest BCUT2D eigenvalue weighted by Gasteiger charge is -2.29. The van der Waals surface area contributed by atoms with Crippen molar-refractivity contribution in [2.75, 3.05) is 6.54 Å². The Morgan fingerprint density at radius 3 is 2.55 bits per heavy atom. The van der Waals surface area contributed by atoms with Crippen LogP contribution in [0.25, 0.3) is 0 Å². The number of aromatic nitrogens is 1. The monoisotopic (exact) mass is 291 g/mol. The van der Waals surface area contributed by atoms with Crippen LogP contribution in [-0.4, -0.2) is 34.6 Å². The van der Waals surface area contributed by atoms with Crippen molar-refractivity contribution in [3.8, 4) is 0 Å². The topological polar surface area (TPSA) is 28.2 Å². The highest BCUT2D eigenvalue weighted by Gasteiger charge is 2.51. The Hall–Kier alpha value is -0.450. The molecule has 2 heterocycles. The average Bonchev–Trinajstić information content (AvgIpc) is 3.29. The van der Waals surface area contributed by atoms with Crippen molar-refractivity contribution in [1.82, 2.24) is 15.2 Å². The van der Waals surface area contributed by atoms with Gasteiger partial charge in [-0.25, -0.2) is 4.98 Å². The van der Waals surface area contributed by atoms with Crippen LogP contribution in [0.4, 0.5) is 0 Å².